The van der Waals surface area contributed by atoms with E-state index in [1.807, 2.05) is 12.4 Å². The van der Waals surface area contributed by atoms with Crippen LogP contribution in [0.4, 0.5) is 23.1 Å². The highest BCUT2D eigenvalue weighted by atomic mass is 15.2. The Balaban J connectivity index is 1.41. The molecule has 3 fully saturated rings. The van der Waals surface area contributed by atoms with Crippen LogP contribution in [-0.4, -0.2) is 54.2 Å². The first-order chi connectivity index (χ1) is 13.8. The van der Waals surface area contributed by atoms with Crippen LogP contribution in [-0.2, 0) is 0 Å². The van der Waals surface area contributed by atoms with Gasteiger partial charge in [0.25, 0.3) is 0 Å². The highest BCUT2D eigenvalue weighted by Gasteiger charge is 2.25. The molecule has 28 heavy (non-hydrogen) atoms. The summed E-state index contributed by atoms with van der Waals surface area (Å²) in [7, 11) is 0. The van der Waals surface area contributed by atoms with Crippen LogP contribution < -0.4 is 20.4 Å². The van der Waals surface area contributed by atoms with E-state index in [0.717, 1.165) is 62.4 Å². The van der Waals surface area contributed by atoms with Crippen LogP contribution in [0.2, 0.25) is 0 Å². The van der Waals surface area contributed by atoms with E-state index in [-0.39, 0.29) is 0 Å². The molecule has 1 aliphatic carbocycles. The molecule has 5 rings (SSSR count). The van der Waals surface area contributed by atoms with Crippen LogP contribution in [0.1, 0.15) is 43.7 Å². The van der Waals surface area contributed by atoms with Gasteiger partial charge in [0.05, 0.1) is 18.1 Å². The highest BCUT2D eigenvalue weighted by molar-refractivity contribution is 5.65. The van der Waals surface area contributed by atoms with Crippen molar-refractivity contribution in [2.75, 3.05) is 54.4 Å². The maximum absolute atomic E-state index is 4.92. The zero-order chi connectivity index (χ0) is 18.8. The van der Waals surface area contributed by atoms with Gasteiger partial charge in [-0.1, -0.05) is 0 Å². The third-order valence-corrected chi connectivity index (χ3v) is 5.88. The fourth-order valence-corrected chi connectivity index (χ4v) is 4.08. The van der Waals surface area contributed by atoms with E-state index in [9.17, 15) is 0 Å². The number of hydrogen-bond acceptors (Lipinski definition) is 7. The Morgan fingerprint density at radius 2 is 1.68 bits per heavy atom. The first-order valence-electron chi connectivity index (χ1n) is 10.7. The standard InChI is InChI=1S/C21H29N7/c1-2-8-28(9-3-1)21-13-17(27-10-6-22-7-11-27)12-19(26-21)25-20-15-23-18(14-24-20)16-4-5-16/h12-16,22H,1-11H2,(H,24,25,26). The summed E-state index contributed by atoms with van der Waals surface area (Å²) < 4.78 is 0. The lowest BCUT2D eigenvalue weighted by Crippen LogP contribution is -2.43. The van der Waals surface area contributed by atoms with E-state index < -0.39 is 0 Å². The topological polar surface area (TPSA) is 69.2 Å². The second kappa shape index (κ2) is 7.91. The molecule has 2 N–H and O–H groups in total. The monoisotopic (exact) mass is 379 g/mol. The molecule has 7 heteroatoms. The van der Waals surface area contributed by atoms with Gasteiger partial charge in [0, 0.05) is 63.0 Å². The van der Waals surface area contributed by atoms with E-state index in [2.05, 4.69) is 42.5 Å². The van der Waals surface area contributed by atoms with Crippen molar-refractivity contribution in [1.29, 1.82) is 0 Å². The predicted molar refractivity (Wildman–Crippen MR) is 113 cm³/mol. The summed E-state index contributed by atoms with van der Waals surface area (Å²) in [5.41, 5.74) is 2.35. The van der Waals surface area contributed by atoms with Gasteiger partial charge in [-0.2, -0.15) is 0 Å². The molecule has 0 bridgehead atoms. The Morgan fingerprint density at radius 3 is 2.39 bits per heavy atom. The average Bonchev–Trinajstić information content (AvgIpc) is 3.61. The molecule has 1 saturated carbocycles. The first kappa shape index (κ1) is 17.7. The number of piperazine rings is 1. The van der Waals surface area contributed by atoms with Crippen LogP contribution in [0.15, 0.2) is 24.5 Å². The Hall–Kier alpha value is -2.41. The molecule has 0 aromatic carbocycles. The van der Waals surface area contributed by atoms with E-state index in [0.29, 0.717) is 5.92 Å². The smallest absolute Gasteiger partial charge is 0.150 e. The van der Waals surface area contributed by atoms with Crippen molar-refractivity contribution >= 4 is 23.1 Å². The summed E-state index contributed by atoms with van der Waals surface area (Å²) >= 11 is 0. The van der Waals surface area contributed by atoms with Crippen molar-refractivity contribution in [3.63, 3.8) is 0 Å². The van der Waals surface area contributed by atoms with Crippen molar-refractivity contribution in [3.05, 3.63) is 30.2 Å². The minimum atomic E-state index is 0.626. The van der Waals surface area contributed by atoms with Gasteiger partial charge in [0.15, 0.2) is 0 Å². The molecule has 0 spiro atoms. The maximum atomic E-state index is 4.92. The SMILES string of the molecule is c1nc(C2CC2)cnc1Nc1cc(N2CCNCC2)cc(N2CCCCC2)n1. The Kier molecular flexibility index (Phi) is 4.99. The van der Waals surface area contributed by atoms with Gasteiger partial charge in [-0.3, -0.25) is 4.98 Å². The highest BCUT2D eigenvalue weighted by Crippen LogP contribution is 2.38. The minimum Gasteiger partial charge on any atom is -0.369 e. The van der Waals surface area contributed by atoms with Gasteiger partial charge in [-0.05, 0) is 32.1 Å². The lowest BCUT2D eigenvalue weighted by atomic mass is 10.1. The molecule has 2 aromatic heterocycles. The van der Waals surface area contributed by atoms with Crippen molar-refractivity contribution in [2.45, 2.75) is 38.0 Å². The quantitative estimate of drug-likeness (QED) is 0.828. The summed E-state index contributed by atoms with van der Waals surface area (Å²) in [5, 5.41) is 6.83. The summed E-state index contributed by atoms with van der Waals surface area (Å²) in [6, 6.07) is 4.40. The third kappa shape index (κ3) is 4.04. The summed E-state index contributed by atoms with van der Waals surface area (Å²) in [6.45, 7) is 6.29. The Labute approximate surface area is 166 Å². The second-order valence-corrected chi connectivity index (χ2v) is 8.08. The van der Waals surface area contributed by atoms with Crippen molar-refractivity contribution in [3.8, 4) is 0 Å². The normalized spacial score (nSPS) is 20.3. The fraction of sp³-hybridized carbons (Fsp3) is 0.571. The number of piperidine rings is 1. The van der Waals surface area contributed by atoms with Gasteiger partial charge in [0.2, 0.25) is 0 Å². The summed E-state index contributed by atoms with van der Waals surface area (Å²) in [6.07, 6.45) is 10.1. The maximum Gasteiger partial charge on any atom is 0.150 e. The molecule has 2 saturated heterocycles. The number of aromatic nitrogens is 3. The number of nitrogens with one attached hydrogen (secondary N) is 2. The third-order valence-electron chi connectivity index (χ3n) is 5.88. The van der Waals surface area contributed by atoms with Crippen molar-refractivity contribution in [1.82, 2.24) is 20.3 Å². The Bertz CT molecular complexity index is 755. The molecule has 7 nitrogen and oxygen atoms in total. The molecule has 4 heterocycles. The number of rotatable bonds is 5. The lowest BCUT2D eigenvalue weighted by molar-refractivity contribution is 0.572. The fourth-order valence-electron chi connectivity index (χ4n) is 4.08. The summed E-state index contributed by atoms with van der Waals surface area (Å²) in [5.74, 6) is 3.31. The molecule has 148 valence electrons. The van der Waals surface area contributed by atoms with Crippen LogP contribution in [0.25, 0.3) is 0 Å². The molecule has 0 unspecified atom stereocenters. The molecule has 2 aromatic rings. The van der Waals surface area contributed by atoms with E-state index in [1.165, 1.54) is 37.8 Å². The van der Waals surface area contributed by atoms with Crippen molar-refractivity contribution < 1.29 is 0 Å². The molecule has 0 amide bonds. The van der Waals surface area contributed by atoms with Crippen LogP contribution in [0.3, 0.4) is 0 Å². The molecular formula is C21H29N7. The van der Waals surface area contributed by atoms with Crippen LogP contribution in [0, 0.1) is 0 Å². The lowest BCUT2D eigenvalue weighted by Gasteiger charge is -2.32. The van der Waals surface area contributed by atoms with Gasteiger partial charge >= 0.3 is 0 Å². The first-order valence-corrected chi connectivity index (χ1v) is 10.7. The number of hydrogen-bond donors (Lipinski definition) is 2. The van der Waals surface area contributed by atoms with Crippen LogP contribution >= 0.6 is 0 Å². The van der Waals surface area contributed by atoms with Crippen LogP contribution in [0.5, 0.6) is 0 Å². The average molecular weight is 380 g/mol. The predicted octanol–water partition coefficient (Wildman–Crippen LogP) is 2.89. The van der Waals surface area contributed by atoms with E-state index in [4.69, 9.17) is 4.98 Å². The number of nitrogens with zero attached hydrogens (tertiary/aromatic N) is 5. The minimum absolute atomic E-state index is 0.626. The zero-order valence-corrected chi connectivity index (χ0v) is 16.4. The molecule has 3 aliphatic rings. The molecule has 0 atom stereocenters. The zero-order valence-electron chi connectivity index (χ0n) is 16.4. The molecule has 0 radical (unpaired) electrons. The van der Waals surface area contributed by atoms with E-state index >= 15 is 0 Å². The number of pyridine rings is 1. The molecule has 2 aliphatic heterocycles. The van der Waals surface area contributed by atoms with Gasteiger partial charge in [-0.25, -0.2) is 9.97 Å². The number of anilines is 4. The molecular weight excluding hydrogens is 350 g/mol. The Morgan fingerprint density at radius 1 is 0.857 bits per heavy atom. The van der Waals surface area contributed by atoms with Gasteiger partial charge in [-0.15, -0.1) is 0 Å². The summed E-state index contributed by atoms with van der Waals surface area (Å²) in [4.78, 5) is 18.9. The van der Waals surface area contributed by atoms with Gasteiger partial charge in [0.1, 0.15) is 17.5 Å². The largest absolute Gasteiger partial charge is 0.369 e. The van der Waals surface area contributed by atoms with Crippen molar-refractivity contribution in [2.24, 2.45) is 0 Å². The van der Waals surface area contributed by atoms with E-state index in [1.54, 1.807) is 0 Å². The second-order valence-electron chi connectivity index (χ2n) is 8.08. The van der Waals surface area contributed by atoms with Gasteiger partial charge < -0.3 is 20.4 Å².